The van der Waals surface area contributed by atoms with E-state index in [1.165, 1.54) is 11.1 Å². The van der Waals surface area contributed by atoms with Crippen molar-refractivity contribution in [1.82, 2.24) is 30.3 Å². The molecule has 1 saturated heterocycles. The Morgan fingerprint density at radius 1 is 1.22 bits per heavy atom. The number of aliphatic imine (C=N–C) groups is 1. The predicted molar refractivity (Wildman–Crippen MR) is 129 cm³/mol. The van der Waals surface area contributed by atoms with Gasteiger partial charge in [0, 0.05) is 39.3 Å². The molecule has 0 bridgehead atoms. The zero-order valence-corrected chi connectivity index (χ0v) is 19.9. The summed E-state index contributed by atoms with van der Waals surface area (Å²) in [6, 6.07) is 8.61. The molecule has 8 nitrogen and oxygen atoms in total. The highest BCUT2D eigenvalue weighted by atomic mass is 16.5. The minimum atomic E-state index is 0.407. The van der Waals surface area contributed by atoms with E-state index in [9.17, 15) is 0 Å². The average Bonchev–Trinajstić information content (AvgIpc) is 3.11. The van der Waals surface area contributed by atoms with Crippen molar-refractivity contribution in [3.05, 3.63) is 53.6 Å². The van der Waals surface area contributed by atoms with Gasteiger partial charge in [0.2, 0.25) is 0 Å². The molecule has 1 aliphatic heterocycles. The van der Waals surface area contributed by atoms with Crippen LogP contribution in [0.15, 0.2) is 41.4 Å². The van der Waals surface area contributed by atoms with E-state index in [0.29, 0.717) is 12.6 Å². The summed E-state index contributed by atoms with van der Waals surface area (Å²) in [5.74, 6) is 3.46. The monoisotopic (exact) mass is 439 g/mol. The van der Waals surface area contributed by atoms with Gasteiger partial charge in [-0.05, 0) is 50.8 Å². The number of benzene rings is 1. The molecule has 2 heterocycles. The molecule has 0 unspecified atom stereocenters. The lowest BCUT2D eigenvalue weighted by Crippen LogP contribution is -2.49. The molecular formula is C24H37N7O. The highest BCUT2D eigenvalue weighted by molar-refractivity contribution is 5.80. The fourth-order valence-electron chi connectivity index (χ4n) is 3.82. The quantitative estimate of drug-likeness (QED) is 0.355. The van der Waals surface area contributed by atoms with E-state index in [2.05, 4.69) is 51.4 Å². The molecule has 0 aliphatic carbocycles. The van der Waals surface area contributed by atoms with E-state index in [4.69, 9.17) is 9.73 Å². The van der Waals surface area contributed by atoms with Gasteiger partial charge in [-0.3, -0.25) is 4.90 Å². The standard InChI is InChI=1S/C24H37N7O/c1-18(2)17-31-14-11-21(12-15-31)27-24(26-16-23-29-28-19(3)30(23)4)25-13-10-20-6-8-22(32-5)9-7-20/h6-9,21H,1,10-17H2,2-5H3,(H2,25,26,27). The molecule has 0 atom stereocenters. The van der Waals surface area contributed by atoms with Gasteiger partial charge in [-0.1, -0.05) is 24.3 Å². The van der Waals surface area contributed by atoms with E-state index in [1.54, 1.807) is 7.11 Å². The van der Waals surface area contributed by atoms with E-state index < -0.39 is 0 Å². The molecule has 0 spiro atoms. The van der Waals surface area contributed by atoms with Gasteiger partial charge >= 0.3 is 0 Å². The van der Waals surface area contributed by atoms with E-state index in [-0.39, 0.29) is 0 Å². The number of nitrogens with one attached hydrogen (secondary N) is 2. The van der Waals surface area contributed by atoms with Gasteiger partial charge in [-0.25, -0.2) is 4.99 Å². The number of rotatable bonds is 9. The maximum atomic E-state index is 5.24. The van der Waals surface area contributed by atoms with Crippen molar-refractivity contribution >= 4 is 5.96 Å². The third-order valence-corrected chi connectivity index (χ3v) is 5.85. The van der Waals surface area contributed by atoms with E-state index in [0.717, 1.165) is 68.8 Å². The van der Waals surface area contributed by atoms with Crippen LogP contribution in [-0.4, -0.2) is 65.0 Å². The number of hydrogen-bond donors (Lipinski definition) is 2. The Balaban J connectivity index is 1.58. The van der Waals surface area contributed by atoms with Crippen LogP contribution < -0.4 is 15.4 Å². The number of piperidine rings is 1. The largest absolute Gasteiger partial charge is 0.497 e. The summed E-state index contributed by atoms with van der Waals surface area (Å²) in [6.45, 7) is 12.5. The summed E-state index contributed by atoms with van der Waals surface area (Å²) >= 11 is 0. The summed E-state index contributed by atoms with van der Waals surface area (Å²) in [6.07, 6.45) is 3.09. The molecule has 32 heavy (non-hydrogen) atoms. The SMILES string of the molecule is C=C(C)CN1CCC(NC(=NCc2nnc(C)n2C)NCCc2ccc(OC)cc2)CC1. The minimum absolute atomic E-state index is 0.407. The van der Waals surface area contributed by atoms with Crippen LogP contribution in [0.3, 0.4) is 0 Å². The second-order valence-electron chi connectivity index (χ2n) is 8.56. The Morgan fingerprint density at radius 2 is 1.94 bits per heavy atom. The van der Waals surface area contributed by atoms with Crippen LogP contribution in [0, 0.1) is 6.92 Å². The lowest BCUT2D eigenvalue weighted by atomic mass is 10.0. The number of ether oxygens (including phenoxy) is 1. The Hall–Kier alpha value is -2.87. The van der Waals surface area contributed by atoms with Crippen molar-refractivity contribution in [2.24, 2.45) is 12.0 Å². The molecule has 2 N–H and O–H groups in total. The lowest BCUT2D eigenvalue weighted by Gasteiger charge is -2.33. The van der Waals surface area contributed by atoms with Crippen molar-refractivity contribution in [3.8, 4) is 5.75 Å². The van der Waals surface area contributed by atoms with Crippen molar-refractivity contribution in [2.75, 3.05) is 33.3 Å². The highest BCUT2D eigenvalue weighted by Crippen LogP contribution is 2.13. The first kappa shape index (κ1) is 23.8. The Morgan fingerprint density at radius 3 is 2.53 bits per heavy atom. The summed E-state index contributed by atoms with van der Waals surface area (Å²) in [5, 5.41) is 15.5. The number of likely N-dealkylation sites (tertiary alicyclic amines) is 1. The van der Waals surface area contributed by atoms with Gasteiger partial charge in [-0.2, -0.15) is 0 Å². The molecule has 1 aliphatic rings. The lowest BCUT2D eigenvalue weighted by molar-refractivity contribution is 0.221. The fraction of sp³-hybridized carbons (Fsp3) is 0.542. The molecule has 1 aromatic carbocycles. The van der Waals surface area contributed by atoms with Gasteiger partial charge in [0.1, 0.15) is 18.1 Å². The first-order chi connectivity index (χ1) is 15.4. The van der Waals surface area contributed by atoms with Crippen LogP contribution in [0.2, 0.25) is 0 Å². The van der Waals surface area contributed by atoms with Crippen LogP contribution in [0.1, 0.15) is 37.0 Å². The Bertz CT molecular complexity index is 896. The maximum Gasteiger partial charge on any atom is 0.191 e. The normalized spacial score (nSPS) is 15.6. The van der Waals surface area contributed by atoms with Crippen molar-refractivity contribution in [1.29, 1.82) is 0 Å². The Labute approximate surface area is 191 Å². The van der Waals surface area contributed by atoms with Gasteiger partial charge in [0.25, 0.3) is 0 Å². The molecule has 1 aromatic heterocycles. The summed E-state index contributed by atoms with van der Waals surface area (Å²) in [4.78, 5) is 7.28. The first-order valence-corrected chi connectivity index (χ1v) is 11.3. The maximum absolute atomic E-state index is 5.24. The van der Waals surface area contributed by atoms with Crippen molar-refractivity contribution in [3.63, 3.8) is 0 Å². The van der Waals surface area contributed by atoms with Crippen LogP contribution in [0.25, 0.3) is 0 Å². The third kappa shape index (κ3) is 7.09. The fourth-order valence-corrected chi connectivity index (χ4v) is 3.82. The van der Waals surface area contributed by atoms with Gasteiger partial charge < -0.3 is 19.9 Å². The zero-order valence-electron chi connectivity index (χ0n) is 19.9. The van der Waals surface area contributed by atoms with Crippen molar-refractivity contribution in [2.45, 2.75) is 45.7 Å². The number of guanidine groups is 1. The molecule has 0 radical (unpaired) electrons. The number of aromatic nitrogens is 3. The number of nitrogens with zero attached hydrogens (tertiary/aromatic N) is 5. The molecule has 0 amide bonds. The molecular weight excluding hydrogens is 402 g/mol. The van der Waals surface area contributed by atoms with Gasteiger partial charge in [0.15, 0.2) is 11.8 Å². The summed E-state index contributed by atoms with van der Waals surface area (Å²) < 4.78 is 7.23. The first-order valence-electron chi connectivity index (χ1n) is 11.3. The minimum Gasteiger partial charge on any atom is -0.497 e. The molecule has 174 valence electrons. The summed E-state index contributed by atoms with van der Waals surface area (Å²) in [7, 11) is 3.66. The number of methoxy groups -OCH3 is 1. The molecule has 1 fully saturated rings. The zero-order chi connectivity index (χ0) is 22.9. The molecule has 3 rings (SSSR count). The van der Waals surface area contributed by atoms with Crippen LogP contribution >= 0.6 is 0 Å². The number of aryl methyl sites for hydroxylation is 1. The molecule has 8 heteroatoms. The van der Waals surface area contributed by atoms with Gasteiger partial charge in [0.05, 0.1) is 7.11 Å². The van der Waals surface area contributed by atoms with Crippen LogP contribution in [0.5, 0.6) is 5.75 Å². The second kappa shape index (κ2) is 11.7. The topological polar surface area (TPSA) is 79.6 Å². The third-order valence-electron chi connectivity index (χ3n) is 5.85. The average molecular weight is 440 g/mol. The van der Waals surface area contributed by atoms with E-state index >= 15 is 0 Å². The smallest absolute Gasteiger partial charge is 0.191 e. The highest BCUT2D eigenvalue weighted by Gasteiger charge is 2.20. The predicted octanol–water partition coefficient (Wildman–Crippen LogP) is 2.45. The molecule has 0 saturated carbocycles. The number of hydrogen-bond acceptors (Lipinski definition) is 5. The molecule has 2 aromatic rings. The van der Waals surface area contributed by atoms with E-state index in [1.807, 2.05) is 30.7 Å². The Kier molecular flexibility index (Phi) is 8.67. The second-order valence-corrected chi connectivity index (χ2v) is 8.56. The summed E-state index contributed by atoms with van der Waals surface area (Å²) in [5.41, 5.74) is 2.48. The van der Waals surface area contributed by atoms with Crippen molar-refractivity contribution < 1.29 is 4.74 Å². The van der Waals surface area contributed by atoms with Gasteiger partial charge in [-0.15, -0.1) is 10.2 Å². The van der Waals surface area contributed by atoms with Crippen LogP contribution in [0.4, 0.5) is 0 Å². The van der Waals surface area contributed by atoms with Crippen LogP contribution in [-0.2, 0) is 20.0 Å².